The number of fused-ring (bicyclic) bond motifs is 11. The van der Waals surface area contributed by atoms with Gasteiger partial charge in [-0.3, -0.25) is 0 Å². The molecular formula is C43H24N2O2S2. The highest BCUT2D eigenvalue weighted by molar-refractivity contribution is 7.25. The molecule has 4 heterocycles. The highest BCUT2D eigenvalue weighted by atomic mass is 32.1. The molecule has 0 fully saturated rings. The maximum absolute atomic E-state index is 6.58. The molecule has 230 valence electrons. The molecular weight excluding hydrogens is 641 g/mol. The van der Waals surface area contributed by atoms with Crippen LogP contribution in [0.5, 0.6) is 0 Å². The van der Waals surface area contributed by atoms with E-state index in [1.165, 1.54) is 20.2 Å². The standard InChI is InChI=1S/C43H24N2O2S2/c1-2-8-25(9-3-1)43-44-42-40(49-43)21-19-35-41(42)32-18-15-28(24-37(32)47-35)45(26-16-20-39-33(22-26)31-11-5-7-13-38(31)48-39)27-14-17-30-29-10-4-6-12-34(29)46-36(30)23-27/h1-24H. The third kappa shape index (κ3) is 4.11. The Kier molecular flexibility index (Phi) is 5.67. The number of hydrogen-bond acceptors (Lipinski definition) is 6. The van der Waals surface area contributed by atoms with Crippen molar-refractivity contribution in [3.63, 3.8) is 0 Å². The van der Waals surface area contributed by atoms with Gasteiger partial charge in [0, 0.05) is 71.1 Å². The SMILES string of the molecule is c1ccc(-c2nc3c(ccc4oc5cc(N(c6ccc7c(c6)oc6ccccc67)c6ccc7sc8ccccc8c7c6)ccc5c43)s2)cc1. The Morgan fingerprint density at radius 1 is 0.429 bits per heavy atom. The average molecular weight is 665 g/mol. The molecule has 49 heavy (non-hydrogen) atoms. The average Bonchev–Trinajstić information content (AvgIpc) is 3.92. The number of rotatable bonds is 4. The summed E-state index contributed by atoms with van der Waals surface area (Å²) in [7, 11) is 0. The Morgan fingerprint density at radius 2 is 1.06 bits per heavy atom. The minimum atomic E-state index is 0.825. The molecule has 0 amide bonds. The fraction of sp³-hybridized carbons (Fsp3) is 0. The van der Waals surface area contributed by atoms with Gasteiger partial charge >= 0.3 is 0 Å². The van der Waals surface area contributed by atoms with E-state index in [9.17, 15) is 0 Å². The van der Waals surface area contributed by atoms with E-state index >= 15 is 0 Å². The lowest BCUT2D eigenvalue weighted by Gasteiger charge is -2.25. The number of aromatic nitrogens is 1. The number of benzene rings is 7. The predicted octanol–water partition coefficient (Wildman–Crippen LogP) is 13.6. The van der Waals surface area contributed by atoms with E-state index < -0.39 is 0 Å². The first-order chi connectivity index (χ1) is 24.2. The first-order valence-electron chi connectivity index (χ1n) is 16.2. The molecule has 11 aromatic rings. The zero-order valence-electron chi connectivity index (χ0n) is 25.9. The zero-order chi connectivity index (χ0) is 32.1. The fourth-order valence-electron chi connectivity index (χ4n) is 7.24. The number of anilines is 3. The number of furan rings is 2. The molecule has 0 unspecified atom stereocenters. The zero-order valence-corrected chi connectivity index (χ0v) is 27.5. The maximum Gasteiger partial charge on any atom is 0.137 e. The van der Waals surface area contributed by atoms with Crippen LogP contribution in [0.25, 0.3) is 84.8 Å². The molecule has 4 aromatic heterocycles. The molecule has 0 aliphatic carbocycles. The predicted molar refractivity (Wildman–Crippen MR) is 207 cm³/mol. The Labute approximate surface area is 287 Å². The molecule has 6 heteroatoms. The van der Waals surface area contributed by atoms with Gasteiger partial charge in [-0.1, -0.05) is 66.7 Å². The lowest BCUT2D eigenvalue weighted by Crippen LogP contribution is -2.09. The van der Waals surface area contributed by atoms with Crippen LogP contribution in [0.4, 0.5) is 17.1 Å². The monoisotopic (exact) mass is 664 g/mol. The van der Waals surface area contributed by atoms with Gasteiger partial charge in [-0.25, -0.2) is 4.98 Å². The van der Waals surface area contributed by atoms with Crippen LogP contribution in [0, 0.1) is 0 Å². The van der Waals surface area contributed by atoms with Crippen molar-refractivity contribution in [3.8, 4) is 10.6 Å². The van der Waals surface area contributed by atoms with E-state index in [4.69, 9.17) is 13.8 Å². The van der Waals surface area contributed by atoms with Crippen LogP contribution in [0.1, 0.15) is 0 Å². The molecule has 0 saturated heterocycles. The minimum absolute atomic E-state index is 0.825. The second-order valence-corrected chi connectivity index (χ2v) is 14.5. The van der Waals surface area contributed by atoms with E-state index in [0.29, 0.717) is 0 Å². The normalized spacial score (nSPS) is 12.1. The smallest absolute Gasteiger partial charge is 0.137 e. The van der Waals surface area contributed by atoms with E-state index in [0.717, 1.165) is 81.7 Å². The molecule has 0 N–H and O–H groups in total. The lowest BCUT2D eigenvalue weighted by atomic mass is 10.1. The summed E-state index contributed by atoms with van der Waals surface area (Å²) in [6, 6.07) is 51.2. The Hall–Kier alpha value is -5.95. The van der Waals surface area contributed by atoms with Gasteiger partial charge in [-0.2, -0.15) is 0 Å². The van der Waals surface area contributed by atoms with Crippen LogP contribution in [0.2, 0.25) is 0 Å². The molecule has 0 spiro atoms. The van der Waals surface area contributed by atoms with Crippen molar-refractivity contribution in [1.82, 2.24) is 4.98 Å². The van der Waals surface area contributed by atoms with Gasteiger partial charge in [0.25, 0.3) is 0 Å². The van der Waals surface area contributed by atoms with Crippen molar-refractivity contribution in [3.05, 3.63) is 146 Å². The van der Waals surface area contributed by atoms with Gasteiger partial charge in [0.1, 0.15) is 27.3 Å². The van der Waals surface area contributed by atoms with Gasteiger partial charge in [-0.15, -0.1) is 22.7 Å². The van der Waals surface area contributed by atoms with Crippen LogP contribution in [-0.4, -0.2) is 4.98 Å². The van der Waals surface area contributed by atoms with Gasteiger partial charge in [0.15, 0.2) is 0 Å². The summed E-state index contributed by atoms with van der Waals surface area (Å²) in [5, 5.41) is 7.87. The Morgan fingerprint density at radius 3 is 1.94 bits per heavy atom. The first kappa shape index (κ1) is 27.0. The van der Waals surface area contributed by atoms with E-state index in [-0.39, 0.29) is 0 Å². The third-order valence-corrected chi connectivity index (χ3v) is 11.7. The molecule has 4 nitrogen and oxygen atoms in total. The van der Waals surface area contributed by atoms with Crippen molar-refractivity contribution < 1.29 is 8.83 Å². The summed E-state index contributed by atoms with van der Waals surface area (Å²) in [5.74, 6) is 0. The summed E-state index contributed by atoms with van der Waals surface area (Å²) < 4.78 is 16.7. The van der Waals surface area contributed by atoms with Crippen LogP contribution in [0.15, 0.2) is 154 Å². The number of para-hydroxylation sites is 1. The molecule has 0 saturated carbocycles. The first-order valence-corrected chi connectivity index (χ1v) is 17.8. The highest BCUT2D eigenvalue weighted by Gasteiger charge is 2.20. The van der Waals surface area contributed by atoms with Crippen molar-refractivity contribution in [2.75, 3.05) is 4.90 Å². The van der Waals surface area contributed by atoms with Crippen molar-refractivity contribution in [2.24, 2.45) is 0 Å². The number of thiophene rings is 1. The number of nitrogens with zero attached hydrogens (tertiary/aromatic N) is 2. The minimum Gasteiger partial charge on any atom is -0.456 e. The number of thiazole rings is 1. The van der Waals surface area contributed by atoms with Gasteiger partial charge in [-0.05, 0) is 66.7 Å². The van der Waals surface area contributed by atoms with Crippen LogP contribution in [-0.2, 0) is 0 Å². The summed E-state index contributed by atoms with van der Waals surface area (Å²) in [4.78, 5) is 7.42. The second kappa shape index (κ2) is 10.3. The molecule has 7 aromatic carbocycles. The van der Waals surface area contributed by atoms with Crippen molar-refractivity contribution in [2.45, 2.75) is 0 Å². The summed E-state index contributed by atoms with van der Waals surface area (Å²) >= 11 is 3.54. The second-order valence-electron chi connectivity index (χ2n) is 12.3. The third-order valence-electron chi connectivity index (χ3n) is 9.50. The van der Waals surface area contributed by atoms with Crippen LogP contribution in [0.3, 0.4) is 0 Å². The Balaban J connectivity index is 1.12. The van der Waals surface area contributed by atoms with E-state index in [1.807, 2.05) is 29.5 Å². The molecule has 11 rings (SSSR count). The van der Waals surface area contributed by atoms with Crippen molar-refractivity contribution >= 4 is 114 Å². The fourth-order valence-corrected chi connectivity index (χ4v) is 9.30. The maximum atomic E-state index is 6.58. The molecule has 0 aliphatic rings. The topological polar surface area (TPSA) is 42.4 Å². The largest absolute Gasteiger partial charge is 0.456 e. The highest BCUT2D eigenvalue weighted by Crippen LogP contribution is 2.45. The number of hydrogen-bond donors (Lipinski definition) is 0. The quantitative estimate of drug-likeness (QED) is 0.188. The van der Waals surface area contributed by atoms with Crippen LogP contribution < -0.4 is 4.90 Å². The van der Waals surface area contributed by atoms with E-state index in [1.54, 1.807) is 11.3 Å². The Bertz CT molecular complexity index is 3080. The summed E-state index contributed by atoms with van der Waals surface area (Å²) in [6.45, 7) is 0. The summed E-state index contributed by atoms with van der Waals surface area (Å²) in [5.41, 5.74) is 8.59. The van der Waals surface area contributed by atoms with Crippen LogP contribution >= 0.6 is 22.7 Å². The van der Waals surface area contributed by atoms with Gasteiger partial charge in [0.2, 0.25) is 0 Å². The van der Waals surface area contributed by atoms with E-state index in [2.05, 4.69) is 132 Å². The van der Waals surface area contributed by atoms with Gasteiger partial charge < -0.3 is 13.7 Å². The van der Waals surface area contributed by atoms with Crippen molar-refractivity contribution in [1.29, 1.82) is 0 Å². The summed E-state index contributed by atoms with van der Waals surface area (Å²) in [6.07, 6.45) is 0. The van der Waals surface area contributed by atoms with Gasteiger partial charge in [0.05, 0.1) is 15.6 Å². The molecule has 0 atom stereocenters. The molecule has 0 bridgehead atoms. The molecule has 0 aliphatic heterocycles. The lowest BCUT2D eigenvalue weighted by molar-refractivity contribution is 0.669. The molecule has 0 radical (unpaired) electrons.